The molecule has 0 aliphatic heterocycles. The SMILES string of the molecule is CCC(=O)CC(C)OOC(C)(C)C. The molecule has 0 saturated heterocycles. The van der Waals surface area contributed by atoms with E-state index < -0.39 is 0 Å². The average molecular weight is 188 g/mol. The monoisotopic (exact) mass is 188 g/mol. The van der Waals surface area contributed by atoms with E-state index in [1.807, 2.05) is 34.6 Å². The third-order valence-electron chi connectivity index (χ3n) is 1.37. The van der Waals surface area contributed by atoms with E-state index in [9.17, 15) is 4.79 Å². The maximum atomic E-state index is 11.0. The summed E-state index contributed by atoms with van der Waals surface area (Å²) in [6.45, 7) is 9.39. The molecular weight excluding hydrogens is 168 g/mol. The number of hydrogen-bond acceptors (Lipinski definition) is 3. The van der Waals surface area contributed by atoms with Crippen molar-refractivity contribution in [2.75, 3.05) is 0 Å². The van der Waals surface area contributed by atoms with E-state index in [4.69, 9.17) is 9.78 Å². The zero-order chi connectivity index (χ0) is 10.5. The molecule has 0 radical (unpaired) electrons. The smallest absolute Gasteiger partial charge is 0.135 e. The van der Waals surface area contributed by atoms with E-state index in [0.717, 1.165) is 0 Å². The van der Waals surface area contributed by atoms with Crippen molar-refractivity contribution in [3.63, 3.8) is 0 Å². The summed E-state index contributed by atoms with van der Waals surface area (Å²) in [4.78, 5) is 21.2. The van der Waals surface area contributed by atoms with Crippen LogP contribution in [0.25, 0.3) is 0 Å². The molecule has 3 nitrogen and oxygen atoms in total. The second-order valence-corrected chi connectivity index (χ2v) is 4.20. The normalized spacial score (nSPS) is 14.2. The van der Waals surface area contributed by atoms with Gasteiger partial charge in [-0.15, -0.1) is 0 Å². The van der Waals surface area contributed by atoms with E-state index in [1.54, 1.807) is 0 Å². The van der Waals surface area contributed by atoms with Crippen molar-refractivity contribution in [3.8, 4) is 0 Å². The Morgan fingerprint density at radius 1 is 1.38 bits per heavy atom. The molecule has 0 spiro atoms. The van der Waals surface area contributed by atoms with Crippen LogP contribution in [0, 0.1) is 0 Å². The van der Waals surface area contributed by atoms with Crippen LogP contribution in [0.5, 0.6) is 0 Å². The van der Waals surface area contributed by atoms with Crippen LogP contribution in [-0.4, -0.2) is 17.5 Å². The molecule has 0 aliphatic rings. The summed E-state index contributed by atoms with van der Waals surface area (Å²) in [5.41, 5.74) is -0.316. The van der Waals surface area contributed by atoms with E-state index in [0.29, 0.717) is 12.8 Å². The molecule has 0 aromatic heterocycles. The van der Waals surface area contributed by atoms with Crippen molar-refractivity contribution in [2.24, 2.45) is 0 Å². The van der Waals surface area contributed by atoms with Gasteiger partial charge < -0.3 is 0 Å². The Balaban J connectivity index is 3.63. The third kappa shape index (κ3) is 7.94. The Hall–Kier alpha value is -0.410. The molecule has 0 aromatic rings. The molecular formula is C10H20O3. The highest BCUT2D eigenvalue weighted by atomic mass is 17.2. The average Bonchev–Trinajstić information content (AvgIpc) is 1.99. The van der Waals surface area contributed by atoms with Gasteiger partial charge in [-0.1, -0.05) is 6.92 Å². The first-order chi connectivity index (χ1) is 5.85. The fourth-order valence-electron chi connectivity index (χ4n) is 0.725. The molecule has 1 atom stereocenters. The molecule has 0 N–H and O–H groups in total. The highest BCUT2D eigenvalue weighted by molar-refractivity contribution is 5.78. The zero-order valence-electron chi connectivity index (χ0n) is 9.22. The minimum atomic E-state index is -0.316. The van der Waals surface area contributed by atoms with Crippen LogP contribution in [0.3, 0.4) is 0 Å². The highest BCUT2D eigenvalue weighted by Gasteiger charge is 2.15. The van der Waals surface area contributed by atoms with Crippen molar-refractivity contribution in [2.45, 2.75) is 59.2 Å². The number of carbonyl (C=O) groups excluding carboxylic acids is 1. The highest BCUT2D eigenvalue weighted by Crippen LogP contribution is 2.10. The molecule has 0 rings (SSSR count). The van der Waals surface area contributed by atoms with Crippen LogP contribution < -0.4 is 0 Å². The topological polar surface area (TPSA) is 35.5 Å². The van der Waals surface area contributed by atoms with Gasteiger partial charge in [-0.2, -0.15) is 0 Å². The summed E-state index contributed by atoms with van der Waals surface area (Å²) in [5, 5.41) is 0. The van der Waals surface area contributed by atoms with Gasteiger partial charge in [0.25, 0.3) is 0 Å². The Morgan fingerprint density at radius 2 is 1.92 bits per heavy atom. The number of rotatable bonds is 5. The Labute approximate surface area is 80.3 Å². The summed E-state index contributed by atoms with van der Waals surface area (Å²) in [5.74, 6) is 0.199. The van der Waals surface area contributed by atoms with Crippen molar-refractivity contribution < 1.29 is 14.6 Å². The van der Waals surface area contributed by atoms with E-state index in [-0.39, 0.29) is 17.5 Å². The van der Waals surface area contributed by atoms with Crippen molar-refractivity contribution in [1.82, 2.24) is 0 Å². The first-order valence-electron chi connectivity index (χ1n) is 4.71. The molecule has 0 aromatic carbocycles. The van der Waals surface area contributed by atoms with Gasteiger partial charge in [0.2, 0.25) is 0 Å². The maximum absolute atomic E-state index is 11.0. The Bertz CT molecular complexity index is 158. The van der Waals surface area contributed by atoms with Gasteiger partial charge in [0, 0.05) is 12.8 Å². The molecule has 13 heavy (non-hydrogen) atoms. The molecule has 78 valence electrons. The summed E-state index contributed by atoms with van der Waals surface area (Å²) in [6.07, 6.45) is 0.821. The Morgan fingerprint density at radius 3 is 2.31 bits per heavy atom. The van der Waals surface area contributed by atoms with Crippen molar-refractivity contribution in [1.29, 1.82) is 0 Å². The van der Waals surface area contributed by atoms with Crippen LogP contribution in [0.1, 0.15) is 47.5 Å². The van der Waals surface area contributed by atoms with Crippen LogP contribution in [0.15, 0.2) is 0 Å². The van der Waals surface area contributed by atoms with Gasteiger partial charge >= 0.3 is 0 Å². The van der Waals surface area contributed by atoms with Gasteiger partial charge in [0.1, 0.15) is 5.78 Å². The molecule has 0 aliphatic carbocycles. The summed E-state index contributed by atoms with van der Waals surface area (Å²) >= 11 is 0. The minimum Gasteiger partial charge on any atom is -0.300 e. The number of carbonyl (C=O) groups is 1. The van der Waals surface area contributed by atoms with Gasteiger partial charge in [-0.3, -0.25) is 4.79 Å². The second kappa shape index (κ2) is 5.35. The largest absolute Gasteiger partial charge is 0.300 e. The van der Waals surface area contributed by atoms with Gasteiger partial charge in [0.15, 0.2) is 0 Å². The quantitative estimate of drug-likeness (QED) is 0.491. The molecule has 1 unspecified atom stereocenters. The zero-order valence-corrected chi connectivity index (χ0v) is 9.22. The van der Waals surface area contributed by atoms with Crippen LogP contribution >= 0.6 is 0 Å². The molecule has 0 fully saturated rings. The van der Waals surface area contributed by atoms with Gasteiger partial charge in [-0.25, -0.2) is 9.78 Å². The lowest BCUT2D eigenvalue weighted by molar-refractivity contribution is -0.369. The number of ketones is 1. The standard InChI is InChI=1S/C10H20O3/c1-6-9(11)7-8(2)12-13-10(3,4)5/h8H,6-7H2,1-5H3. The number of Topliss-reactive ketones (excluding diaryl/α,β-unsaturated/α-hetero) is 1. The fourth-order valence-corrected chi connectivity index (χ4v) is 0.725. The number of hydrogen-bond donors (Lipinski definition) is 0. The summed E-state index contributed by atoms with van der Waals surface area (Å²) in [6, 6.07) is 0. The Kier molecular flexibility index (Phi) is 5.18. The molecule has 0 amide bonds. The summed E-state index contributed by atoms with van der Waals surface area (Å²) < 4.78 is 0. The van der Waals surface area contributed by atoms with Gasteiger partial charge in [0.05, 0.1) is 11.7 Å². The van der Waals surface area contributed by atoms with E-state index >= 15 is 0 Å². The predicted octanol–water partition coefficient (Wildman–Crippen LogP) is 2.49. The lowest BCUT2D eigenvalue weighted by Crippen LogP contribution is -2.24. The molecule has 0 bridgehead atoms. The van der Waals surface area contributed by atoms with E-state index in [2.05, 4.69) is 0 Å². The molecule has 3 heteroatoms. The molecule has 0 heterocycles. The van der Waals surface area contributed by atoms with Crippen LogP contribution in [0.4, 0.5) is 0 Å². The lowest BCUT2D eigenvalue weighted by Gasteiger charge is -2.20. The first kappa shape index (κ1) is 12.6. The van der Waals surface area contributed by atoms with Gasteiger partial charge in [-0.05, 0) is 27.7 Å². The second-order valence-electron chi connectivity index (χ2n) is 4.20. The van der Waals surface area contributed by atoms with Crippen molar-refractivity contribution >= 4 is 5.78 Å². The van der Waals surface area contributed by atoms with Crippen LogP contribution in [0.2, 0.25) is 0 Å². The maximum Gasteiger partial charge on any atom is 0.135 e. The molecule has 0 saturated carbocycles. The van der Waals surface area contributed by atoms with Crippen molar-refractivity contribution in [3.05, 3.63) is 0 Å². The van der Waals surface area contributed by atoms with Crippen LogP contribution in [-0.2, 0) is 14.6 Å². The van der Waals surface area contributed by atoms with E-state index in [1.165, 1.54) is 0 Å². The fraction of sp³-hybridized carbons (Fsp3) is 0.900. The third-order valence-corrected chi connectivity index (χ3v) is 1.37. The summed E-state index contributed by atoms with van der Waals surface area (Å²) in [7, 11) is 0. The predicted molar refractivity (Wildman–Crippen MR) is 51.3 cm³/mol. The lowest BCUT2D eigenvalue weighted by atomic mass is 10.2. The minimum absolute atomic E-state index is 0.160. The first-order valence-corrected chi connectivity index (χ1v) is 4.71.